The van der Waals surface area contributed by atoms with E-state index in [2.05, 4.69) is 174 Å². The van der Waals surface area contributed by atoms with Gasteiger partial charge >= 0.3 is 0 Å². The number of hydrogen-bond donors (Lipinski definition) is 0. The van der Waals surface area contributed by atoms with Crippen LogP contribution in [0.4, 0.5) is 0 Å². The number of fused-ring (bicyclic) bond motifs is 15. The van der Waals surface area contributed by atoms with Crippen LogP contribution < -0.4 is 0 Å². The lowest BCUT2D eigenvalue weighted by molar-refractivity contribution is 0.821. The van der Waals surface area contributed by atoms with Crippen molar-refractivity contribution in [1.82, 2.24) is 14.5 Å². The first kappa shape index (κ1) is 33.3. The van der Waals surface area contributed by atoms with Gasteiger partial charge in [0.15, 0.2) is 0 Å². The van der Waals surface area contributed by atoms with E-state index in [4.69, 9.17) is 4.98 Å². The van der Waals surface area contributed by atoms with Crippen LogP contribution in [-0.4, -0.2) is 14.5 Å². The van der Waals surface area contributed by atoms with Crippen LogP contribution in [0.1, 0.15) is 34.2 Å². The molecule has 4 heteroatoms. The molecule has 0 N–H and O–H groups in total. The summed E-state index contributed by atoms with van der Waals surface area (Å²) in [5.41, 5.74) is 16.0. The molecular formula is C54H37N3S. The topological polar surface area (TPSA) is 30.7 Å². The van der Waals surface area contributed by atoms with E-state index in [-0.39, 0.29) is 0 Å². The molecule has 0 saturated heterocycles. The summed E-state index contributed by atoms with van der Waals surface area (Å²) < 4.78 is 5.09. The molecule has 11 aromatic rings. The average Bonchev–Trinajstić information content (AvgIpc) is 3.82. The molecule has 8 aromatic carbocycles. The lowest BCUT2D eigenvalue weighted by atomic mass is 9.85. The van der Waals surface area contributed by atoms with Gasteiger partial charge in [0.25, 0.3) is 0 Å². The Morgan fingerprint density at radius 3 is 2.14 bits per heavy atom. The summed E-state index contributed by atoms with van der Waals surface area (Å²) >= 11 is 1.92. The summed E-state index contributed by atoms with van der Waals surface area (Å²) in [6.45, 7) is 2.29. The van der Waals surface area contributed by atoms with Crippen molar-refractivity contribution in [3.63, 3.8) is 0 Å². The van der Waals surface area contributed by atoms with Crippen LogP contribution in [0.2, 0.25) is 0 Å². The fraction of sp³-hybridized carbons (Fsp3) is 0.0741. The highest BCUT2D eigenvalue weighted by molar-refractivity contribution is 7.26. The van der Waals surface area contributed by atoms with Crippen LogP contribution in [0, 0.1) is 6.92 Å². The summed E-state index contributed by atoms with van der Waals surface area (Å²) in [5.74, 6) is 0. The summed E-state index contributed by atoms with van der Waals surface area (Å²) in [7, 11) is 0. The van der Waals surface area contributed by atoms with E-state index in [1.54, 1.807) is 6.33 Å². The first-order valence-electron chi connectivity index (χ1n) is 20.2. The molecule has 3 heterocycles. The predicted molar refractivity (Wildman–Crippen MR) is 247 cm³/mol. The Hall–Kier alpha value is -6.88. The number of nitrogens with zero attached hydrogens (tertiary/aromatic N) is 3. The van der Waals surface area contributed by atoms with Crippen LogP contribution in [-0.2, 0) is 12.8 Å². The van der Waals surface area contributed by atoms with Gasteiger partial charge in [0.1, 0.15) is 6.33 Å². The zero-order valence-electron chi connectivity index (χ0n) is 32.0. The minimum Gasteiger partial charge on any atom is -0.309 e. The van der Waals surface area contributed by atoms with E-state index in [1.807, 2.05) is 17.5 Å². The number of aromatic nitrogens is 3. The van der Waals surface area contributed by atoms with Crippen molar-refractivity contribution in [3.8, 4) is 27.9 Å². The average molecular weight is 760 g/mol. The van der Waals surface area contributed by atoms with Gasteiger partial charge in [-0.2, -0.15) is 0 Å². The second-order valence-electron chi connectivity index (χ2n) is 15.6. The lowest BCUT2D eigenvalue weighted by Crippen LogP contribution is -2.00. The van der Waals surface area contributed by atoms with Gasteiger partial charge in [-0.05, 0) is 100 Å². The second-order valence-corrected chi connectivity index (χ2v) is 16.7. The maximum Gasteiger partial charge on any atom is 0.116 e. The molecule has 274 valence electrons. The number of thiophene rings is 1. The largest absolute Gasteiger partial charge is 0.309 e. The molecule has 0 saturated carbocycles. The minimum absolute atomic E-state index is 0.957. The van der Waals surface area contributed by atoms with Crippen molar-refractivity contribution < 1.29 is 0 Å². The number of para-hydroxylation sites is 2. The van der Waals surface area contributed by atoms with Crippen LogP contribution in [0.25, 0.3) is 104 Å². The van der Waals surface area contributed by atoms with Gasteiger partial charge in [0.2, 0.25) is 0 Å². The number of hydrogen-bond acceptors (Lipinski definition) is 3. The van der Waals surface area contributed by atoms with Crippen LogP contribution in [0.5, 0.6) is 0 Å². The molecule has 3 nitrogen and oxygen atoms in total. The van der Waals surface area contributed by atoms with Crippen LogP contribution in [0.3, 0.4) is 0 Å². The zero-order valence-corrected chi connectivity index (χ0v) is 32.9. The molecule has 2 bridgehead atoms. The van der Waals surface area contributed by atoms with E-state index < -0.39 is 0 Å². The highest BCUT2D eigenvalue weighted by Gasteiger charge is 2.20. The standard InChI is InChI=1S/C54H37N3S/c1-33-34-10-9-16-39(33)52-36(24-25-46-44(52)26-27-45-43-15-4-7-19-51(43)58-54(45)46)11-8-12-37-30-38(23-22-35(37)21-20-34)40-28-29-50(47-31-55-32-56-53(40)47)57-48-17-5-2-13-41(48)42-14-3-6-18-49(42)57/h2-7,9-10,13-32H,8,11-12H2,1H3/b21-20-. The maximum absolute atomic E-state index is 4.95. The Kier molecular flexibility index (Phi) is 7.51. The molecule has 0 unspecified atom stereocenters. The first-order valence-corrected chi connectivity index (χ1v) is 21.0. The predicted octanol–water partition coefficient (Wildman–Crippen LogP) is 14.5. The molecule has 0 spiro atoms. The monoisotopic (exact) mass is 759 g/mol. The Balaban J connectivity index is 0.981. The molecule has 0 amide bonds. The quantitative estimate of drug-likeness (QED) is 0.176. The van der Waals surface area contributed by atoms with E-state index in [0.29, 0.717) is 0 Å². The van der Waals surface area contributed by atoms with E-state index in [1.165, 1.54) is 97.3 Å². The number of benzene rings is 8. The van der Waals surface area contributed by atoms with Gasteiger partial charge in [-0.3, -0.25) is 0 Å². The summed E-state index contributed by atoms with van der Waals surface area (Å²) in [6.07, 6.45) is 11.3. The SMILES string of the molecule is Cc1c2cccc1-c1c(ccc3c1ccc1c4ccccc4sc31)CCCc1cc(-c3ccc(-n4c5ccccc5c5ccccc54)c4cncnc34)ccc1/C=C\2. The minimum atomic E-state index is 0.957. The van der Waals surface area contributed by atoms with Gasteiger partial charge in [0.05, 0.1) is 22.2 Å². The third-order valence-electron chi connectivity index (χ3n) is 12.5. The normalized spacial score (nSPS) is 13.5. The molecule has 58 heavy (non-hydrogen) atoms. The van der Waals surface area contributed by atoms with E-state index >= 15 is 0 Å². The van der Waals surface area contributed by atoms with Crippen molar-refractivity contribution >= 4 is 87.1 Å². The molecule has 0 aliphatic heterocycles. The summed E-state index contributed by atoms with van der Waals surface area (Å²) in [6, 6.07) is 54.0. The van der Waals surface area contributed by atoms with Crippen LogP contribution >= 0.6 is 11.3 Å². The van der Waals surface area contributed by atoms with Crippen molar-refractivity contribution in [3.05, 3.63) is 186 Å². The Morgan fingerprint density at radius 1 is 0.552 bits per heavy atom. The Labute approximate surface area is 340 Å². The molecule has 12 rings (SSSR count). The highest BCUT2D eigenvalue weighted by atomic mass is 32.1. The lowest BCUT2D eigenvalue weighted by Gasteiger charge is -2.19. The molecule has 3 aromatic heterocycles. The molecular weight excluding hydrogens is 723 g/mol. The molecule has 0 radical (unpaired) electrons. The van der Waals surface area contributed by atoms with E-state index in [0.717, 1.165) is 41.4 Å². The zero-order chi connectivity index (χ0) is 38.3. The third kappa shape index (κ3) is 5.05. The Bertz CT molecular complexity index is 3460. The van der Waals surface area contributed by atoms with Gasteiger partial charge in [0, 0.05) is 53.5 Å². The first-order chi connectivity index (χ1) is 28.7. The summed E-state index contributed by atoms with van der Waals surface area (Å²) in [4.78, 5) is 9.50. The van der Waals surface area contributed by atoms with Crippen molar-refractivity contribution in [2.24, 2.45) is 0 Å². The summed E-state index contributed by atoms with van der Waals surface area (Å²) in [5, 5.41) is 8.91. The Morgan fingerprint density at radius 2 is 1.28 bits per heavy atom. The van der Waals surface area contributed by atoms with Crippen molar-refractivity contribution in [1.29, 1.82) is 0 Å². The van der Waals surface area contributed by atoms with E-state index in [9.17, 15) is 0 Å². The number of aryl methyl sites for hydroxylation is 2. The third-order valence-corrected chi connectivity index (χ3v) is 13.8. The molecule has 0 fully saturated rings. The smallest absolute Gasteiger partial charge is 0.116 e. The maximum atomic E-state index is 4.95. The van der Waals surface area contributed by atoms with Crippen LogP contribution in [0.15, 0.2) is 158 Å². The fourth-order valence-corrected chi connectivity index (χ4v) is 11.0. The highest BCUT2D eigenvalue weighted by Crippen LogP contribution is 2.44. The molecule has 0 atom stereocenters. The van der Waals surface area contributed by atoms with Crippen molar-refractivity contribution in [2.75, 3.05) is 0 Å². The van der Waals surface area contributed by atoms with Gasteiger partial charge in [-0.15, -0.1) is 11.3 Å². The van der Waals surface area contributed by atoms with Gasteiger partial charge < -0.3 is 4.57 Å². The second kappa shape index (κ2) is 13.1. The number of rotatable bonds is 2. The van der Waals surface area contributed by atoms with Gasteiger partial charge in [-0.1, -0.05) is 133 Å². The molecule has 1 aliphatic rings. The molecule has 1 aliphatic carbocycles. The fourth-order valence-electron chi connectivity index (χ4n) is 9.74. The van der Waals surface area contributed by atoms with Gasteiger partial charge in [-0.25, -0.2) is 9.97 Å². The van der Waals surface area contributed by atoms with Crippen molar-refractivity contribution in [2.45, 2.75) is 26.2 Å².